The zero-order valence-corrected chi connectivity index (χ0v) is 20.6. The van der Waals surface area contributed by atoms with Crippen LogP contribution < -0.4 is 15.0 Å². The van der Waals surface area contributed by atoms with Gasteiger partial charge in [0.15, 0.2) is 0 Å². The lowest BCUT2D eigenvalue weighted by Crippen LogP contribution is -2.57. The van der Waals surface area contributed by atoms with Crippen LogP contribution in [0.15, 0.2) is 78.9 Å². The molecule has 2 amide bonds. The van der Waals surface area contributed by atoms with Gasteiger partial charge in [-0.1, -0.05) is 54.1 Å². The van der Waals surface area contributed by atoms with E-state index in [1.54, 1.807) is 43.5 Å². The van der Waals surface area contributed by atoms with Gasteiger partial charge in [0.2, 0.25) is 11.8 Å². The Morgan fingerprint density at radius 2 is 1.61 bits per heavy atom. The average molecular weight is 505 g/mol. The number of imide groups is 1. The van der Waals surface area contributed by atoms with Gasteiger partial charge in [-0.05, 0) is 47.5 Å². The molecule has 2 aliphatic heterocycles. The minimum absolute atomic E-state index is 0.182. The fourth-order valence-electron chi connectivity index (χ4n) is 5.47. The summed E-state index contributed by atoms with van der Waals surface area (Å²) in [5, 5.41) is 3.89. The Kier molecular flexibility index (Phi) is 6.28. The third kappa shape index (κ3) is 3.85. The molecular weight excluding hydrogens is 480 g/mol. The number of halogens is 1. The number of benzene rings is 3. The third-order valence-electron chi connectivity index (χ3n) is 7.09. The number of fused-ring (bicyclic) bond motifs is 1. The number of nitrogens with zero attached hydrogens (tertiary/aromatic N) is 1. The molecule has 0 aliphatic carbocycles. The molecule has 0 spiro atoms. The van der Waals surface area contributed by atoms with Crippen LogP contribution in [-0.2, 0) is 25.5 Å². The van der Waals surface area contributed by atoms with Crippen molar-refractivity contribution in [3.8, 4) is 5.75 Å². The minimum Gasteiger partial charge on any atom is -0.497 e. The number of carbonyl (C=O) groups is 3. The van der Waals surface area contributed by atoms with Gasteiger partial charge in [-0.15, -0.1) is 0 Å². The van der Waals surface area contributed by atoms with Crippen molar-refractivity contribution in [2.24, 2.45) is 11.8 Å². The molecule has 4 atom stereocenters. The Labute approximate surface area is 214 Å². The summed E-state index contributed by atoms with van der Waals surface area (Å²) in [6, 6.07) is 22.6. The van der Waals surface area contributed by atoms with Crippen LogP contribution in [-0.4, -0.2) is 37.5 Å². The van der Waals surface area contributed by atoms with E-state index in [0.29, 0.717) is 16.5 Å². The number of hydrogen-bond donors (Lipinski definition) is 1. The van der Waals surface area contributed by atoms with Gasteiger partial charge in [-0.2, -0.15) is 0 Å². The lowest BCUT2D eigenvalue weighted by atomic mass is 9.76. The first kappa shape index (κ1) is 24.0. The van der Waals surface area contributed by atoms with Crippen molar-refractivity contribution in [3.05, 3.63) is 95.0 Å². The number of hydrogen-bond acceptors (Lipinski definition) is 6. The van der Waals surface area contributed by atoms with Crippen molar-refractivity contribution in [3.63, 3.8) is 0 Å². The van der Waals surface area contributed by atoms with Gasteiger partial charge in [-0.25, -0.2) is 4.90 Å². The van der Waals surface area contributed by atoms with E-state index in [1.807, 2.05) is 42.5 Å². The molecular formula is C28H25ClN2O5. The molecule has 0 unspecified atom stereocenters. The fourth-order valence-corrected chi connectivity index (χ4v) is 5.59. The monoisotopic (exact) mass is 504 g/mol. The summed E-state index contributed by atoms with van der Waals surface area (Å²) >= 11 is 6.04. The zero-order chi connectivity index (χ0) is 25.4. The van der Waals surface area contributed by atoms with Gasteiger partial charge in [0.05, 0.1) is 31.7 Å². The van der Waals surface area contributed by atoms with Crippen molar-refractivity contribution < 1.29 is 23.9 Å². The van der Waals surface area contributed by atoms with Gasteiger partial charge in [0.25, 0.3) is 0 Å². The summed E-state index contributed by atoms with van der Waals surface area (Å²) in [5.74, 6) is -2.54. The smallest absolute Gasteiger partial charge is 0.327 e. The predicted octanol–water partition coefficient (Wildman–Crippen LogP) is 3.95. The highest BCUT2D eigenvalue weighted by Gasteiger charge is 2.68. The van der Waals surface area contributed by atoms with Crippen LogP contribution in [0, 0.1) is 11.8 Å². The third-order valence-corrected chi connectivity index (χ3v) is 7.34. The first-order valence-corrected chi connectivity index (χ1v) is 11.9. The minimum atomic E-state index is -1.45. The molecule has 1 N–H and O–H groups in total. The van der Waals surface area contributed by atoms with E-state index < -0.39 is 35.3 Å². The summed E-state index contributed by atoms with van der Waals surface area (Å²) < 4.78 is 10.5. The van der Waals surface area contributed by atoms with Gasteiger partial charge in [0, 0.05) is 17.5 Å². The number of rotatable bonds is 6. The summed E-state index contributed by atoms with van der Waals surface area (Å²) in [7, 11) is 2.87. The van der Waals surface area contributed by atoms with Crippen molar-refractivity contribution in [1.82, 2.24) is 5.32 Å². The highest BCUT2D eigenvalue weighted by atomic mass is 35.5. The highest BCUT2D eigenvalue weighted by Crippen LogP contribution is 2.51. The molecule has 8 heteroatoms. The molecule has 2 fully saturated rings. The number of methoxy groups -OCH3 is 2. The van der Waals surface area contributed by atoms with Gasteiger partial charge < -0.3 is 9.47 Å². The van der Waals surface area contributed by atoms with Crippen LogP contribution in [0.1, 0.15) is 17.2 Å². The van der Waals surface area contributed by atoms with Crippen molar-refractivity contribution in [2.75, 3.05) is 19.1 Å². The van der Waals surface area contributed by atoms with Crippen LogP contribution in [0.25, 0.3) is 0 Å². The number of anilines is 1. The number of carbonyl (C=O) groups excluding carboxylic acids is 3. The molecule has 0 aromatic heterocycles. The zero-order valence-electron chi connectivity index (χ0n) is 19.8. The molecule has 0 bridgehead atoms. The second-order valence-corrected chi connectivity index (χ2v) is 9.45. The summed E-state index contributed by atoms with van der Waals surface area (Å²) in [6.45, 7) is 0. The highest BCUT2D eigenvalue weighted by molar-refractivity contribution is 6.31. The van der Waals surface area contributed by atoms with E-state index in [1.165, 1.54) is 12.0 Å². The molecule has 2 aliphatic rings. The lowest BCUT2D eigenvalue weighted by molar-refractivity contribution is -0.152. The normalized spacial score (nSPS) is 25.1. The number of esters is 1. The molecule has 2 heterocycles. The van der Waals surface area contributed by atoms with Crippen LogP contribution in [0.4, 0.5) is 5.69 Å². The van der Waals surface area contributed by atoms with Gasteiger partial charge in [0.1, 0.15) is 11.3 Å². The summed E-state index contributed by atoms with van der Waals surface area (Å²) in [6.07, 6.45) is 0.182. The Morgan fingerprint density at radius 1 is 0.944 bits per heavy atom. The van der Waals surface area contributed by atoms with Crippen molar-refractivity contribution >= 4 is 35.1 Å². The molecule has 0 saturated carbocycles. The average Bonchev–Trinajstić information content (AvgIpc) is 3.38. The summed E-state index contributed by atoms with van der Waals surface area (Å²) in [4.78, 5) is 42.6. The molecule has 3 aromatic carbocycles. The largest absolute Gasteiger partial charge is 0.497 e. The molecule has 5 rings (SSSR count). The molecule has 184 valence electrons. The number of amides is 2. The van der Waals surface area contributed by atoms with E-state index in [9.17, 15) is 14.4 Å². The van der Waals surface area contributed by atoms with E-state index in [0.717, 1.165) is 11.1 Å². The first-order valence-electron chi connectivity index (χ1n) is 11.6. The molecule has 0 radical (unpaired) electrons. The predicted molar refractivity (Wildman–Crippen MR) is 135 cm³/mol. The van der Waals surface area contributed by atoms with Gasteiger partial charge >= 0.3 is 5.97 Å². The quantitative estimate of drug-likeness (QED) is 0.404. The maximum atomic E-state index is 14.0. The topological polar surface area (TPSA) is 84.9 Å². The van der Waals surface area contributed by atoms with Crippen molar-refractivity contribution in [1.29, 1.82) is 0 Å². The van der Waals surface area contributed by atoms with E-state index in [2.05, 4.69) is 5.32 Å². The summed E-state index contributed by atoms with van der Waals surface area (Å²) in [5.41, 5.74) is 0.577. The Balaban J connectivity index is 1.66. The standard InChI is InChI=1S/C28H25ClN2O5/c1-35-21-14-8-18(9-15-21)24-22-23(26(33)31(25(22)32)20-12-10-19(29)11-13-20)28(30-24,27(34)36-2)16-17-6-4-3-5-7-17/h3-15,22-24,30H,16H2,1-2H3/t22-,23-,24+,28+/m0/s1. The maximum absolute atomic E-state index is 14.0. The fraction of sp³-hybridized carbons (Fsp3) is 0.250. The van der Waals surface area contributed by atoms with Crippen LogP contribution >= 0.6 is 11.6 Å². The van der Waals surface area contributed by atoms with Crippen LogP contribution in [0.2, 0.25) is 5.02 Å². The van der Waals surface area contributed by atoms with Gasteiger partial charge in [-0.3, -0.25) is 19.7 Å². The van der Waals surface area contributed by atoms with Crippen LogP contribution in [0.3, 0.4) is 0 Å². The Hall–Kier alpha value is -3.68. The van der Waals surface area contributed by atoms with Crippen LogP contribution in [0.5, 0.6) is 5.75 Å². The maximum Gasteiger partial charge on any atom is 0.327 e. The molecule has 2 saturated heterocycles. The molecule has 36 heavy (non-hydrogen) atoms. The first-order chi connectivity index (χ1) is 17.4. The SMILES string of the molecule is COC(=O)[C@]1(Cc2ccccc2)N[C@H](c2ccc(OC)cc2)[C@H]2C(=O)N(c3ccc(Cl)cc3)C(=O)[C@H]21. The number of nitrogens with one attached hydrogen (secondary N) is 1. The second-order valence-electron chi connectivity index (χ2n) is 9.01. The molecule has 7 nitrogen and oxygen atoms in total. The van der Waals surface area contributed by atoms with E-state index in [-0.39, 0.29) is 12.3 Å². The van der Waals surface area contributed by atoms with E-state index >= 15 is 0 Å². The van der Waals surface area contributed by atoms with Crippen molar-refractivity contribution in [2.45, 2.75) is 18.0 Å². The second kappa shape index (κ2) is 9.41. The molecule has 3 aromatic rings. The number of ether oxygens (including phenoxy) is 2. The lowest BCUT2D eigenvalue weighted by Gasteiger charge is -2.32. The van der Waals surface area contributed by atoms with E-state index in [4.69, 9.17) is 21.1 Å². The Bertz CT molecular complexity index is 1300. The Morgan fingerprint density at radius 3 is 2.22 bits per heavy atom.